The molecule has 0 radical (unpaired) electrons. The molecule has 0 heterocycles. The van der Waals surface area contributed by atoms with Crippen molar-refractivity contribution < 1.29 is 13.2 Å². The number of halogens is 5. The molecular formula is C7H3Br2F3. The van der Waals surface area contributed by atoms with Crippen LogP contribution in [0, 0.1) is 11.6 Å². The Labute approximate surface area is 84.0 Å². The first kappa shape index (κ1) is 10.1. The fourth-order valence-electron chi connectivity index (χ4n) is 0.726. The summed E-state index contributed by atoms with van der Waals surface area (Å²) in [6.07, 6.45) is 0. The molecule has 0 amide bonds. The minimum Gasteiger partial charge on any atom is -0.246 e. The molecular weight excluding hydrogens is 301 g/mol. The van der Waals surface area contributed by atoms with Gasteiger partial charge in [0, 0.05) is 16.1 Å². The van der Waals surface area contributed by atoms with Gasteiger partial charge in [-0.15, -0.1) is 0 Å². The van der Waals surface area contributed by atoms with E-state index >= 15 is 0 Å². The molecule has 0 atom stereocenters. The van der Waals surface area contributed by atoms with E-state index in [9.17, 15) is 13.2 Å². The van der Waals surface area contributed by atoms with Gasteiger partial charge in [-0.2, -0.15) is 0 Å². The summed E-state index contributed by atoms with van der Waals surface area (Å²) < 4.78 is 37.7. The molecule has 0 aliphatic heterocycles. The van der Waals surface area contributed by atoms with Crippen LogP contribution < -0.4 is 0 Å². The molecule has 5 heteroatoms. The van der Waals surface area contributed by atoms with Crippen LogP contribution >= 0.6 is 31.9 Å². The largest absolute Gasteiger partial charge is 0.246 e. The number of rotatable bonds is 1. The summed E-state index contributed by atoms with van der Waals surface area (Å²) >= 11 is 5.72. The molecule has 0 aliphatic rings. The van der Waals surface area contributed by atoms with Crippen molar-refractivity contribution in [2.45, 2.75) is 6.67 Å². The molecule has 0 unspecified atom stereocenters. The number of benzene rings is 1. The van der Waals surface area contributed by atoms with Crippen LogP contribution in [0.4, 0.5) is 13.2 Å². The predicted molar refractivity (Wildman–Crippen MR) is 46.6 cm³/mol. The van der Waals surface area contributed by atoms with E-state index in [1.807, 2.05) is 0 Å². The van der Waals surface area contributed by atoms with Gasteiger partial charge in [0.25, 0.3) is 0 Å². The SMILES string of the molecule is FCc1c(F)cc(F)c(Br)c1Br. The van der Waals surface area contributed by atoms with Gasteiger partial charge in [0.1, 0.15) is 18.3 Å². The van der Waals surface area contributed by atoms with Crippen LogP contribution in [0.3, 0.4) is 0 Å². The normalized spacial score (nSPS) is 10.4. The lowest BCUT2D eigenvalue weighted by Gasteiger charge is -2.04. The van der Waals surface area contributed by atoms with Crippen LogP contribution in [0.1, 0.15) is 5.56 Å². The van der Waals surface area contributed by atoms with E-state index in [4.69, 9.17) is 0 Å². The Kier molecular flexibility index (Phi) is 3.17. The molecule has 12 heavy (non-hydrogen) atoms. The highest BCUT2D eigenvalue weighted by molar-refractivity contribution is 9.13. The molecule has 0 nitrogen and oxygen atoms in total. The molecule has 66 valence electrons. The second kappa shape index (κ2) is 3.79. The summed E-state index contributed by atoms with van der Waals surface area (Å²) in [5, 5.41) is 0. The average molecular weight is 304 g/mol. The van der Waals surface area contributed by atoms with Gasteiger partial charge in [0.05, 0.1) is 4.47 Å². The van der Waals surface area contributed by atoms with Gasteiger partial charge in [-0.25, -0.2) is 13.2 Å². The third-order valence-electron chi connectivity index (χ3n) is 1.34. The van der Waals surface area contributed by atoms with Crippen molar-refractivity contribution in [1.82, 2.24) is 0 Å². The quantitative estimate of drug-likeness (QED) is 0.544. The fourth-order valence-corrected chi connectivity index (χ4v) is 1.56. The summed E-state index contributed by atoms with van der Waals surface area (Å²) in [5.41, 5.74) is -0.178. The maximum absolute atomic E-state index is 12.8. The number of hydrogen-bond acceptors (Lipinski definition) is 0. The first-order valence-corrected chi connectivity index (χ1v) is 4.54. The molecule has 0 bridgehead atoms. The molecule has 0 aliphatic carbocycles. The molecule has 1 aromatic rings. The Morgan fingerprint density at radius 3 is 2.17 bits per heavy atom. The summed E-state index contributed by atoms with van der Waals surface area (Å²) in [5.74, 6) is -1.64. The van der Waals surface area contributed by atoms with E-state index in [0.717, 1.165) is 0 Å². The number of hydrogen-bond donors (Lipinski definition) is 0. The predicted octanol–water partition coefficient (Wildman–Crippen LogP) is 3.96. The minimum absolute atomic E-state index is 0.0385. The lowest BCUT2D eigenvalue weighted by Crippen LogP contribution is -1.92. The topological polar surface area (TPSA) is 0 Å². The van der Waals surface area contributed by atoms with Gasteiger partial charge in [0.2, 0.25) is 0 Å². The molecule has 0 saturated carbocycles. The first-order chi connectivity index (χ1) is 5.57. The zero-order valence-corrected chi connectivity index (χ0v) is 8.85. The molecule has 1 aromatic carbocycles. The lowest BCUT2D eigenvalue weighted by atomic mass is 10.2. The Balaban J connectivity index is 3.40. The van der Waals surface area contributed by atoms with Crippen molar-refractivity contribution in [3.63, 3.8) is 0 Å². The van der Waals surface area contributed by atoms with E-state index in [1.165, 1.54) is 0 Å². The van der Waals surface area contributed by atoms with Crippen molar-refractivity contribution in [2.24, 2.45) is 0 Å². The standard InChI is InChI=1S/C7H3Br2F3/c8-6-3(2-10)4(11)1-5(12)7(6)9/h1H,2H2. The Morgan fingerprint density at radius 1 is 1.08 bits per heavy atom. The van der Waals surface area contributed by atoms with Crippen LogP contribution in [-0.4, -0.2) is 0 Å². The van der Waals surface area contributed by atoms with E-state index in [0.29, 0.717) is 6.07 Å². The Hall–Kier alpha value is -0.0300. The number of alkyl halides is 1. The molecule has 1 rings (SSSR count). The zero-order chi connectivity index (χ0) is 9.30. The fraction of sp³-hybridized carbons (Fsp3) is 0.143. The van der Waals surface area contributed by atoms with Gasteiger partial charge in [0.15, 0.2) is 0 Å². The monoisotopic (exact) mass is 302 g/mol. The third kappa shape index (κ3) is 1.66. The Bertz CT molecular complexity index is 312. The average Bonchev–Trinajstić information content (AvgIpc) is 2.01. The van der Waals surface area contributed by atoms with Crippen molar-refractivity contribution in [1.29, 1.82) is 0 Å². The molecule has 0 aromatic heterocycles. The molecule has 0 spiro atoms. The smallest absolute Gasteiger partial charge is 0.141 e. The molecule has 0 fully saturated rings. The summed E-state index contributed by atoms with van der Waals surface area (Å²) in [6, 6.07) is 0.643. The molecule has 0 N–H and O–H groups in total. The highest BCUT2D eigenvalue weighted by atomic mass is 79.9. The van der Waals surface area contributed by atoms with Gasteiger partial charge < -0.3 is 0 Å². The first-order valence-electron chi connectivity index (χ1n) is 2.95. The van der Waals surface area contributed by atoms with Gasteiger partial charge in [-0.1, -0.05) is 0 Å². The lowest BCUT2D eigenvalue weighted by molar-refractivity contribution is 0.458. The van der Waals surface area contributed by atoms with Crippen molar-refractivity contribution in [3.8, 4) is 0 Å². The van der Waals surface area contributed by atoms with E-state index < -0.39 is 18.3 Å². The maximum atomic E-state index is 12.8. The second-order valence-corrected chi connectivity index (χ2v) is 3.67. The van der Waals surface area contributed by atoms with E-state index in [-0.39, 0.29) is 14.5 Å². The summed E-state index contributed by atoms with van der Waals surface area (Å²) in [6.45, 7) is -0.967. The van der Waals surface area contributed by atoms with Crippen molar-refractivity contribution in [2.75, 3.05) is 0 Å². The van der Waals surface area contributed by atoms with Crippen molar-refractivity contribution >= 4 is 31.9 Å². The second-order valence-electron chi connectivity index (χ2n) is 2.08. The van der Waals surface area contributed by atoms with Gasteiger partial charge in [-0.3, -0.25) is 0 Å². The highest BCUT2D eigenvalue weighted by Gasteiger charge is 2.14. The van der Waals surface area contributed by atoms with Gasteiger partial charge in [-0.05, 0) is 31.9 Å². The van der Waals surface area contributed by atoms with Crippen LogP contribution in [0.5, 0.6) is 0 Å². The van der Waals surface area contributed by atoms with Gasteiger partial charge >= 0.3 is 0 Å². The zero-order valence-electron chi connectivity index (χ0n) is 5.67. The maximum Gasteiger partial charge on any atom is 0.141 e. The molecule has 0 saturated heterocycles. The highest BCUT2D eigenvalue weighted by Crippen LogP contribution is 2.31. The van der Waals surface area contributed by atoms with Crippen LogP contribution in [0.2, 0.25) is 0 Å². The minimum atomic E-state index is -0.967. The third-order valence-corrected chi connectivity index (χ3v) is 3.53. The Morgan fingerprint density at radius 2 is 1.67 bits per heavy atom. The van der Waals surface area contributed by atoms with Crippen LogP contribution in [-0.2, 0) is 6.67 Å². The van der Waals surface area contributed by atoms with Crippen LogP contribution in [0.25, 0.3) is 0 Å². The van der Waals surface area contributed by atoms with E-state index in [2.05, 4.69) is 31.9 Å². The summed E-state index contributed by atoms with van der Waals surface area (Å²) in [4.78, 5) is 0. The van der Waals surface area contributed by atoms with Crippen LogP contribution in [0.15, 0.2) is 15.0 Å². The van der Waals surface area contributed by atoms with Crippen molar-refractivity contribution in [3.05, 3.63) is 32.2 Å². The summed E-state index contributed by atoms with van der Waals surface area (Å²) in [7, 11) is 0. The van der Waals surface area contributed by atoms with E-state index in [1.54, 1.807) is 0 Å².